The topological polar surface area (TPSA) is 79.4 Å². The summed E-state index contributed by atoms with van der Waals surface area (Å²) in [6.07, 6.45) is 0. The second-order valence-electron chi connectivity index (χ2n) is 6.71. The number of ether oxygens (including phenoxy) is 1. The predicted molar refractivity (Wildman–Crippen MR) is 115 cm³/mol. The molecular formula is C22H25N5O2. The highest BCUT2D eigenvalue weighted by Crippen LogP contribution is 2.24. The van der Waals surface area contributed by atoms with Gasteiger partial charge in [-0.2, -0.15) is 0 Å². The van der Waals surface area contributed by atoms with Crippen molar-refractivity contribution in [1.82, 2.24) is 14.9 Å². The third-order valence-electron chi connectivity index (χ3n) is 4.21. The van der Waals surface area contributed by atoms with E-state index in [9.17, 15) is 4.79 Å². The second-order valence-corrected chi connectivity index (χ2v) is 6.71. The van der Waals surface area contributed by atoms with Crippen LogP contribution in [0.1, 0.15) is 10.5 Å². The molecule has 0 bridgehead atoms. The quantitative estimate of drug-likeness (QED) is 0.613. The van der Waals surface area contributed by atoms with Crippen molar-refractivity contribution >= 4 is 17.4 Å². The lowest BCUT2D eigenvalue weighted by atomic mass is 10.2. The molecule has 150 valence electrons. The molecular weight excluding hydrogens is 366 g/mol. The minimum atomic E-state index is -0.329. The van der Waals surface area contributed by atoms with Gasteiger partial charge in [0.25, 0.3) is 5.91 Å². The van der Waals surface area contributed by atoms with Crippen LogP contribution in [-0.2, 0) is 0 Å². The number of carbonyl (C=O) groups is 1. The average molecular weight is 391 g/mol. The van der Waals surface area contributed by atoms with Crippen LogP contribution in [-0.4, -0.2) is 55.1 Å². The molecule has 1 amide bonds. The third kappa shape index (κ3) is 5.52. The number of nitrogens with one attached hydrogen (secondary N) is 2. The molecule has 0 saturated carbocycles. The minimum absolute atomic E-state index is 0.275. The fraction of sp³-hybridized carbons (Fsp3) is 0.227. The fourth-order valence-electron chi connectivity index (χ4n) is 2.71. The maximum atomic E-state index is 12.9. The number of hydrogen-bond donors (Lipinski definition) is 2. The summed E-state index contributed by atoms with van der Waals surface area (Å²) in [5, 5.41) is 6.14. The van der Waals surface area contributed by atoms with Crippen molar-refractivity contribution in [2.24, 2.45) is 0 Å². The van der Waals surface area contributed by atoms with E-state index in [2.05, 4.69) is 25.5 Å². The van der Waals surface area contributed by atoms with E-state index in [0.29, 0.717) is 29.6 Å². The molecule has 2 N–H and O–H groups in total. The maximum Gasteiger partial charge on any atom is 0.274 e. The minimum Gasteiger partial charge on any atom is -0.495 e. The molecule has 3 rings (SSSR count). The van der Waals surface area contributed by atoms with Crippen molar-refractivity contribution in [1.29, 1.82) is 0 Å². The van der Waals surface area contributed by atoms with Gasteiger partial charge >= 0.3 is 0 Å². The van der Waals surface area contributed by atoms with E-state index in [0.717, 1.165) is 12.1 Å². The van der Waals surface area contributed by atoms with Crippen LogP contribution in [0.25, 0.3) is 11.4 Å². The molecule has 0 unspecified atom stereocenters. The Kier molecular flexibility index (Phi) is 6.76. The number of anilines is 2. The van der Waals surface area contributed by atoms with Crippen LogP contribution in [0.2, 0.25) is 0 Å². The Bertz CT molecular complexity index is 960. The van der Waals surface area contributed by atoms with E-state index in [-0.39, 0.29) is 11.6 Å². The van der Waals surface area contributed by atoms with Gasteiger partial charge in [-0.25, -0.2) is 9.97 Å². The number of amides is 1. The molecule has 0 radical (unpaired) electrons. The van der Waals surface area contributed by atoms with Gasteiger partial charge in [-0.05, 0) is 26.2 Å². The zero-order chi connectivity index (χ0) is 20.6. The van der Waals surface area contributed by atoms with Gasteiger partial charge in [0.15, 0.2) is 5.82 Å². The number of methoxy groups -OCH3 is 1. The largest absolute Gasteiger partial charge is 0.495 e. The van der Waals surface area contributed by atoms with Crippen molar-refractivity contribution in [3.63, 3.8) is 0 Å². The molecule has 0 aliphatic rings. The number of benzene rings is 2. The Morgan fingerprint density at radius 1 is 1.03 bits per heavy atom. The van der Waals surface area contributed by atoms with Crippen molar-refractivity contribution < 1.29 is 9.53 Å². The first kappa shape index (κ1) is 20.3. The Hall–Kier alpha value is -3.45. The normalized spacial score (nSPS) is 10.6. The molecule has 1 heterocycles. The van der Waals surface area contributed by atoms with Crippen LogP contribution in [0.4, 0.5) is 11.5 Å². The first-order valence-electron chi connectivity index (χ1n) is 9.34. The zero-order valence-electron chi connectivity index (χ0n) is 16.8. The summed E-state index contributed by atoms with van der Waals surface area (Å²) in [7, 11) is 5.57. The molecule has 7 nitrogen and oxygen atoms in total. The predicted octanol–water partition coefficient (Wildman–Crippen LogP) is 3.38. The van der Waals surface area contributed by atoms with Gasteiger partial charge in [0, 0.05) is 24.7 Å². The molecule has 0 aliphatic heterocycles. The molecule has 0 fully saturated rings. The lowest BCUT2D eigenvalue weighted by Gasteiger charge is -2.13. The Labute approximate surface area is 170 Å². The van der Waals surface area contributed by atoms with Crippen LogP contribution >= 0.6 is 0 Å². The van der Waals surface area contributed by atoms with Crippen LogP contribution in [0.5, 0.6) is 5.75 Å². The monoisotopic (exact) mass is 391 g/mol. The summed E-state index contributed by atoms with van der Waals surface area (Å²) in [6.45, 7) is 1.54. The van der Waals surface area contributed by atoms with E-state index in [1.165, 1.54) is 0 Å². The number of carbonyl (C=O) groups excluding carboxylic acids is 1. The number of rotatable bonds is 8. The van der Waals surface area contributed by atoms with Gasteiger partial charge in [0.1, 0.15) is 17.3 Å². The van der Waals surface area contributed by atoms with Crippen LogP contribution in [0.3, 0.4) is 0 Å². The summed E-state index contributed by atoms with van der Waals surface area (Å²) in [6, 6.07) is 18.5. The van der Waals surface area contributed by atoms with E-state index < -0.39 is 0 Å². The highest BCUT2D eigenvalue weighted by Gasteiger charge is 2.15. The van der Waals surface area contributed by atoms with Crippen molar-refractivity contribution in [2.75, 3.05) is 44.9 Å². The molecule has 1 aromatic heterocycles. The fourth-order valence-corrected chi connectivity index (χ4v) is 2.71. The number of para-hydroxylation sites is 2. The molecule has 0 saturated heterocycles. The molecule has 0 spiro atoms. The molecule has 0 aliphatic carbocycles. The SMILES string of the molecule is COc1ccccc1NC(=O)c1cc(NCCN(C)C)nc(-c2ccccc2)n1. The number of hydrogen-bond acceptors (Lipinski definition) is 6. The molecule has 29 heavy (non-hydrogen) atoms. The number of nitrogens with zero attached hydrogens (tertiary/aromatic N) is 3. The van der Waals surface area contributed by atoms with Crippen molar-refractivity contribution in [3.05, 3.63) is 66.4 Å². The highest BCUT2D eigenvalue weighted by atomic mass is 16.5. The summed E-state index contributed by atoms with van der Waals surface area (Å²) in [5.41, 5.74) is 1.70. The van der Waals surface area contributed by atoms with Gasteiger partial charge in [-0.1, -0.05) is 42.5 Å². The first-order chi connectivity index (χ1) is 14.1. The van der Waals surface area contributed by atoms with Gasteiger partial charge in [-0.3, -0.25) is 4.79 Å². The Morgan fingerprint density at radius 3 is 2.48 bits per heavy atom. The molecule has 3 aromatic rings. The lowest BCUT2D eigenvalue weighted by Crippen LogP contribution is -2.22. The van der Waals surface area contributed by atoms with Crippen molar-refractivity contribution in [3.8, 4) is 17.1 Å². The average Bonchev–Trinajstić information content (AvgIpc) is 2.74. The van der Waals surface area contributed by atoms with E-state index in [1.807, 2.05) is 56.6 Å². The Balaban J connectivity index is 1.90. The van der Waals surface area contributed by atoms with Crippen LogP contribution < -0.4 is 15.4 Å². The van der Waals surface area contributed by atoms with Crippen LogP contribution in [0.15, 0.2) is 60.7 Å². The summed E-state index contributed by atoms with van der Waals surface area (Å²) in [5.74, 6) is 1.35. The zero-order valence-corrected chi connectivity index (χ0v) is 16.8. The standard InChI is InChI=1S/C22H25N5O2/c1-27(2)14-13-23-20-15-18(24-21(26-20)16-9-5-4-6-10-16)22(28)25-17-11-7-8-12-19(17)29-3/h4-12,15H,13-14H2,1-3H3,(H,25,28)(H,23,24,26). The van der Waals surface area contributed by atoms with E-state index in [1.54, 1.807) is 25.3 Å². The highest BCUT2D eigenvalue weighted by molar-refractivity contribution is 6.04. The van der Waals surface area contributed by atoms with Gasteiger partial charge in [0.2, 0.25) is 0 Å². The van der Waals surface area contributed by atoms with Gasteiger partial charge in [-0.15, -0.1) is 0 Å². The summed E-state index contributed by atoms with van der Waals surface area (Å²) >= 11 is 0. The van der Waals surface area contributed by atoms with Crippen molar-refractivity contribution in [2.45, 2.75) is 0 Å². The van der Waals surface area contributed by atoms with E-state index in [4.69, 9.17) is 4.74 Å². The van der Waals surface area contributed by atoms with Gasteiger partial charge < -0.3 is 20.3 Å². The summed E-state index contributed by atoms with van der Waals surface area (Å²) in [4.78, 5) is 24.0. The number of aromatic nitrogens is 2. The summed E-state index contributed by atoms with van der Waals surface area (Å²) < 4.78 is 5.31. The number of likely N-dealkylation sites (N-methyl/N-ethyl adjacent to an activating group) is 1. The molecule has 0 atom stereocenters. The Morgan fingerprint density at radius 2 is 1.76 bits per heavy atom. The maximum absolute atomic E-state index is 12.9. The molecule has 2 aromatic carbocycles. The molecule has 7 heteroatoms. The van der Waals surface area contributed by atoms with Gasteiger partial charge in [0.05, 0.1) is 12.8 Å². The smallest absolute Gasteiger partial charge is 0.274 e. The third-order valence-corrected chi connectivity index (χ3v) is 4.21. The lowest BCUT2D eigenvalue weighted by molar-refractivity contribution is 0.102. The van der Waals surface area contributed by atoms with Crippen LogP contribution in [0, 0.1) is 0 Å². The first-order valence-corrected chi connectivity index (χ1v) is 9.34. The second kappa shape index (κ2) is 9.66. The van der Waals surface area contributed by atoms with E-state index >= 15 is 0 Å².